The molecule has 0 aromatic heterocycles. The van der Waals surface area contributed by atoms with Gasteiger partial charge in [0.15, 0.2) is 0 Å². The summed E-state index contributed by atoms with van der Waals surface area (Å²) in [7, 11) is 0. The van der Waals surface area contributed by atoms with Gasteiger partial charge in [0.05, 0.1) is 12.0 Å². The molecule has 0 radical (unpaired) electrons. The summed E-state index contributed by atoms with van der Waals surface area (Å²) in [6.45, 7) is 10.1. The van der Waals surface area contributed by atoms with E-state index >= 15 is 0 Å². The lowest BCUT2D eigenvalue weighted by molar-refractivity contribution is -0.136. The van der Waals surface area contributed by atoms with Gasteiger partial charge in [-0.25, -0.2) is 8.78 Å². The highest BCUT2D eigenvalue weighted by Crippen LogP contribution is 2.39. The fourth-order valence-electron chi connectivity index (χ4n) is 5.51. The standard InChI is InChI=1S/C28H34ClF2N3O2/c1-18(35)34-14-13-32(12-11-26(34)19-5-7-20(29)8-6-19)27(36)24-17-33(28(2,3)4)16-23(24)22-10-9-21(30)15-25(22)31/h5-10,15,23-24,26H,11-14,16-17H2,1-4H3. The third-order valence-corrected chi connectivity index (χ3v) is 7.83. The first kappa shape index (κ1) is 26.6. The van der Waals surface area contributed by atoms with Crippen LogP contribution in [0.25, 0.3) is 0 Å². The summed E-state index contributed by atoms with van der Waals surface area (Å²) in [6.07, 6.45) is 0.595. The van der Waals surface area contributed by atoms with Crippen LogP contribution < -0.4 is 0 Å². The van der Waals surface area contributed by atoms with Gasteiger partial charge in [-0.2, -0.15) is 0 Å². The second-order valence-corrected chi connectivity index (χ2v) is 11.3. The summed E-state index contributed by atoms with van der Waals surface area (Å²) in [5.74, 6) is -2.17. The van der Waals surface area contributed by atoms with Gasteiger partial charge in [-0.15, -0.1) is 0 Å². The first-order valence-corrected chi connectivity index (χ1v) is 12.8. The van der Waals surface area contributed by atoms with Gasteiger partial charge in [-0.1, -0.05) is 29.8 Å². The smallest absolute Gasteiger partial charge is 0.227 e. The van der Waals surface area contributed by atoms with E-state index in [0.29, 0.717) is 49.7 Å². The van der Waals surface area contributed by atoms with Crippen molar-refractivity contribution in [1.29, 1.82) is 0 Å². The molecule has 0 saturated carbocycles. The number of amides is 2. The van der Waals surface area contributed by atoms with E-state index in [-0.39, 0.29) is 29.3 Å². The number of carbonyl (C=O) groups is 2. The molecule has 36 heavy (non-hydrogen) atoms. The lowest BCUT2D eigenvalue weighted by Gasteiger charge is -2.32. The second kappa shape index (κ2) is 10.5. The number of hydrogen-bond donors (Lipinski definition) is 0. The number of benzene rings is 2. The maximum Gasteiger partial charge on any atom is 0.227 e. The molecule has 0 bridgehead atoms. The van der Waals surface area contributed by atoms with E-state index in [2.05, 4.69) is 25.7 Å². The maximum absolute atomic E-state index is 14.8. The largest absolute Gasteiger partial charge is 0.341 e. The van der Waals surface area contributed by atoms with Crippen molar-refractivity contribution in [2.75, 3.05) is 32.7 Å². The summed E-state index contributed by atoms with van der Waals surface area (Å²) in [5, 5.41) is 0.627. The van der Waals surface area contributed by atoms with E-state index in [4.69, 9.17) is 11.6 Å². The first-order valence-electron chi connectivity index (χ1n) is 12.5. The van der Waals surface area contributed by atoms with E-state index in [1.54, 1.807) is 6.92 Å². The molecule has 2 aliphatic rings. The molecule has 3 unspecified atom stereocenters. The van der Waals surface area contributed by atoms with Crippen LogP contribution in [0.1, 0.15) is 57.2 Å². The molecule has 5 nitrogen and oxygen atoms in total. The Bertz CT molecular complexity index is 1120. The van der Waals surface area contributed by atoms with Gasteiger partial charge in [-0.05, 0) is 56.5 Å². The Labute approximate surface area is 217 Å². The van der Waals surface area contributed by atoms with Crippen molar-refractivity contribution < 1.29 is 18.4 Å². The predicted octanol–water partition coefficient (Wildman–Crippen LogP) is 5.25. The average Bonchev–Trinajstić information content (AvgIpc) is 3.13. The molecule has 2 fully saturated rings. The number of hydrogen-bond acceptors (Lipinski definition) is 3. The van der Waals surface area contributed by atoms with Crippen molar-refractivity contribution in [3.63, 3.8) is 0 Å². The number of rotatable bonds is 3. The minimum absolute atomic E-state index is 0.0456. The molecule has 0 N–H and O–H groups in total. The highest BCUT2D eigenvalue weighted by atomic mass is 35.5. The van der Waals surface area contributed by atoms with Crippen LogP contribution >= 0.6 is 11.6 Å². The van der Waals surface area contributed by atoms with Crippen LogP contribution in [-0.2, 0) is 9.59 Å². The van der Waals surface area contributed by atoms with Crippen LogP contribution in [0.3, 0.4) is 0 Å². The second-order valence-electron chi connectivity index (χ2n) is 10.8. The van der Waals surface area contributed by atoms with E-state index in [9.17, 15) is 18.4 Å². The molecule has 2 saturated heterocycles. The molecular formula is C28H34ClF2N3O2. The molecule has 194 valence electrons. The van der Waals surface area contributed by atoms with Crippen molar-refractivity contribution >= 4 is 23.4 Å². The minimum atomic E-state index is -0.630. The zero-order chi connectivity index (χ0) is 26.2. The van der Waals surface area contributed by atoms with Crippen LogP contribution in [0.15, 0.2) is 42.5 Å². The van der Waals surface area contributed by atoms with Crippen molar-refractivity contribution in [1.82, 2.24) is 14.7 Å². The quantitative estimate of drug-likeness (QED) is 0.558. The van der Waals surface area contributed by atoms with Crippen molar-refractivity contribution in [3.8, 4) is 0 Å². The maximum atomic E-state index is 14.8. The molecule has 2 heterocycles. The van der Waals surface area contributed by atoms with Gasteiger partial charge >= 0.3 is 0 Å². The van der Waals surface area contributed by atoms with Gasteiger partial charge in [0.25, 0.3) is 0 Å². The van der Waals surface area contributed by atoms with Gasteiger partial charge in [-0.3, -0.25) is 14.5 Å². The molecule has 2 aliphatic heterocycles. The molecule has 0 aliphatic carbocycles. The van der Waals surface area contributed by atoms with Crippen molar-refractivity contribution in [3.05, 3.63) is 70.2 Å². The highest BCUT2D eigenvalue weighted by molar-refractivity contribution is 6.30. The Morgan fingerprint density at radius 1 is 0.972 bits per heavy atom. The molecule has 2 aromatic carbocycles. The number of nitrogens with zero attached hydrogens (tertiary/aromatic N) is 3. The molecule has 4 rings (SSSR count). The predicted molar refractivity (Wildman–Crippen MR) is 137 cm³/mol. The van der Waals surface area contributed by atoms with Gasteiger partial charge in [0.2, 0.25) is 11.8 Å². The first-order chi connectivity index (χ1) is 17.0. The summed E-state index contributed by atoms with van der Waals surface area (Å²) in [6, 6.07) is 10.9. The van der Waals surface area contributed by atoms with E-state index in [1.165, 1.54) is 12.1 Å². The Balaban J connectivity index is 1.60. The van der Waals surface area contributed by atoms with E-state index in [1.807, 2.05) is 34.1 Å². The van der Waals surface area contributed by atoms with E-state index < -0.39 is 17.6 Å². The molecule has 0 spiro atoms. The Morgan fingerprint density at radius 2 is 1.67 bits per heavy atom. The normalized spacial score (nSPS) is 23.6. The van der Waals surface area contributed by atoms with Crippen LogP contribution in [0.4, 0.5) is 8.78 Å². The van der Waals surface area contributed by atoms with Crippen LogP contribution in [0.5, 0.6) is 0 Å². The van der Waals surface area contributed by atoms with Crippen molar-refractivity contribution in [2.24, 2.45) is 5.92 Å². The third kappa shape index (κ3) is 5.57. The van der Waals surface area contributed by atoms with Crippen molar-refractivity contribution in [2.45, 2.75) is 51.6 Å². The molecule has 3 atom stereocenters. The Morgan fingerprint density at radius 3 is 2.28 bits per heavy atom. The molecule has 2 aromatic rings. The topological polar surface area (TPSA) is 43.9 Å². The number of likely N-dealkylation sites (tertiary alicyclic amines) is 1. The summed E-state index contributed by atoms with van der Waals surface area (Å²) < 4.78 is 28.5. The summed E-state index contributed by atoms with van der Waals surface area (Å²) >= 11 is 6.06. The Hall–Kier alpha value is -2.51. The zero-order valence-electron chi connectivity index (χ0n) is 21.3. The summed E-state index contributed by atoms with van der Waals surface area (Å²) in [4.78, 5) is 32.3. The van der Waals surface area contributed by atoms with E-state index in [0.717, 1.165) is 11.6 Å². The SMILES string of the molecule is CC(=O)N1CCN(C(=O)C2CN(C(C)(C)C)CC2c2ccc(F)cc2F)CCC1c1ccc(Cl)cc1. The number of carbonyl (C=O) groups excluding carboxylic acids is 2. The number of halogens is 3. The average molecular weight is 518 g/mol. The summed E-state index contributed by atoms with van der Waals surface area (Å²) in [5.41, 5.74) is 1.16. The fourth-order valence-corrected chi connectivity index (χ4v) is 5.64. The monoisotopic (exact) mass is 517 g/mol. The van der Waals surface area contributed by atoms with Gasteiger partial charge in [0, 0.05) is 62.2 Å². The minimum Gasteiger partial charge on any atom is -0.341 e. The van der Waals surface area contributed by atoms with Crippen LogP contribution in [0, 0.1) is 17.6 Å². The lowest BCUT2D eigenvalue weighted by atomic mass is 9.87. The molecule has 8 heteroatoms. The van der Waals surface area contributed by atoms with Gasteiger partial charge in [0.1, 0.15) is 11.6 Å². The fraction of sp³-hybridized carbons (Fsp3) is 0.500. The highest BCUT2D eigenvalue weighted by Gasteiger charge is 2.45. The zero-order valence-corrected chi connectivity index (χ0v) is 22.1. The Kier molecular flexibility index (Phi) is 7.72. The lowest BCUT2D eigenvalue weighted by Crippen LogP contribution is -2.43. The van der Waals surface area contributed by atoms with Crippen LogP contribution in [0.2, 0.25) is 5.02 Å². The molecule has 2 amide bonds. The van der Waals surface area contributed by atoms with Crippen LogP contribution in [-0.4, -0.2) is 64.8 Å². The molecular weight excluding hydrogens is 484 g/mol. The third-order valence-electron chi connectivity index (χ3n) is 7.58. The van der Waals surface area contributed by atoms with Gasteiger partial charge < -0.3 is 9.80 Å².